The van der Waals surface area contributed by atoms with Crippen LogP contribution in [0.2, 0.25) is 0 Å². The molecule has 0 unspecified atom stereocenters. The van der Waals surface area contributed by atoms with Crippen LogP contribution in [-0.2, 0) is 15.7 Å². The Bertz CT molecular complexity index is 1030. The summed E-state index contributed by atoms with van der Waals surface area (Å²) in [6.45, 7) is 12.1. The van der Waals surface area contributed by atoms with E-state index < -0.39 is 5.97 Å². The number of rotatable bonds is 6. The second-order valence-corrected chi connectivity index (χ2v) is 10.5. The van der Waals surface area contributed by atoms with E-state index in [4.69, 9.17) is 4.84 Å². The van der Waals surface area contributed by atoms with Gasteiger partial charge in [-0.1, -0.05) is 51.0 Å². The number of hydrogen-bond acceptors (Lipinski definition) is 3. The molecule has 4 heteroatoms. The molecule has 0 radical (unpaired) electrons. The summed E-state index contributed by atoms with van der Waals surface area (Å²) in [6.07, 6.45) is 4.74. The molecule has 0 bridgehead atoms. The van der Waals surface area contributed by atoms with E-state index in [1.165, 1.54) is 36.0 Å². The number of aromatic carboxylic acids is 1. The Labute approximate surface area is 185 Å². The molecule has 0 heterocycles. The van der Waals surface area contributed by atoms with Crippen molar-refractivity contribution in [3.8, 4) is 0 Å². The van der Waals surface area contributed by atoms with Crippen LogP contribution in [0.5, 0.6) is 0 Å². The van der Waals surface area contributed by atoms with Gasteiger partial charge in [-0.2, -0.15) is 0 Å². The van der Waals surface area contributed by atoms with E-state index in [1.54, 1.807) is 12.1 Å². The minimum atomic E-state index is -0.927. The van der Waals surface area contributed by atoms with E-state index in [0.29, 0.717) is 12.5 Å². The second kappa shape index (κ2) is 7.81. The Morgan fingerprint density at radius 2 is 1.55 bits per heavy atom. The molecule has 1 N–H and O–H groups in total. The number of aryl methyl sites for hydroxylation is 1. The number of carboxylic acid groups (broad SMARTS) is 1. The number of hydrogen-bond donors (Lipinski definition) is 1. The van der Waals surface area contributed by atoms with Gasteiger partial charge in [-0.05, 0) is 84.2 Å². The molecule has 0 aromatic heterocycles. The molecule has 164 valence electrons. The van der Waals surface area contributed by atoms with E-state index in [2.05, 4.69) is 51.9 Å². The maximum Gasteiger partial charge on any atom is 0.335 e. The van der Waals surface area contributed by atoms with E-state index in [1.807, 2.05) is 12.1 Å². The monoisotopic (exact) mass is 419 g/mol. The van der Waals surface area contributed by atoms with Crippen molar-refractivity contribution in [1.29, 1.82) is 0 Å². The van der Waals surface area contributed by atoms with Crippen LogP contribution in [0, 0.1) is 12.8 Å². The predicted octanol–water partition coefficient (Wildman–Crippen LogP) is 6.22. The first-order chi connectivity index (χ1) is 14.6. The normalized spacial score (nSPS) is 19.6. The number of nitrogens with zero attached hydrogens (tertiary/aromatic N) is 1. The zero-order valence-corrected chi connectivity index (χ0v) is 19.3. The lowest BCUT2D eigenvalue weighted by Gasteiger charge is -2.42. The van der Waals surface area contributed by atoms with Crippen LogP contribution in [0.1, 0.15) is 91.6 Å². The van der Waals surface area contributed by atoms with Crippen LogP contribution in [0.25, 0.3) is 0 Å². The number of carboxylic acids is 1. The lowest BCUT2D eigenvalue weighted by Crippen LogP contribution is -2.34. The Morgan fingerprint density at radius 1 is 1.00 bits per heavy atom. The van der Waals surface area contributed by atoms with Gasteiger partial charge < -0.3 is 9.94 Å². The van der Waals surface area contributed by atoms with Gasteiger partial charge in [-0.3, -0.25) is 0 Å². The zero-order valence-electron chi connectivity index (χ0n) is 19.3. The summed E-state index contributed by atoms with van der Waals surface area (Å²) in [5.74, 6) is -0.312. The zero-order chi connectivity index (χ0) is 22.4. The molecule has 0 aliphatic heterocycles. The fourth-order valence-corrected chi connectivity index (χ4v) is 4.50. The minimum absolute atomic E-state index is 0.0977. The average Bonchev–Trinajstić information content (AvgIpc) is 3.54. The molecule has 4 nitrogen and oxygen atoms in total. The first kappa shape index (κ1) is 21.6. The molecular weight excluding hydrogens is 386 g/mol. The highest BCUT2D eigenvalue weighted by atomic mass is 16.6. The molecule has 0 saturated heterocycles. The van der Waals surface area contributed by atoms with Crippen LogP contribution < -0.4 is 0 Å². The minimum Gasteiger partial charge on any atom is -0.478 e. The van der Waals surface area contributed by atoms with Gasteiger partial charge in [0.1, 0.15) is 12.3 Å². The third kappa shape index (κ3) is 4.39. The Kier molecular flexibility index (Phi) is 5.45. The molecule has 2 aliphatic rings. The van der Waals surface area contributed by atoms with Gasteiger partial charge >= 0.3 is 5.97 Å². The highest BCUT2D eigenvalue weighted by molar-refractivity contribution is 6.14. The largest absolute Gasteiger partial charge is 0.478 e. The predicted molar refractivity (Wildman–Crippen MR) is 124 cm³/mol. The molecule has 1 fully saturated rings. The SMILES string of the molecule is Cc1cc2c(cc1/C(=N\OCC1CC1)c1ccc(C(=O)O)cc1)C(C)(C)CCC2(C)C. The van der Waals surface area contributed by atoms with Gasteiger partial charge in [0, 0.05) is 11.1 Å². The lowest BCUT2D eigenvalue weighted by atomic mass is 9.62. The van der Waals surface area contributed by atoms with Crippen molar-refractivity contribution < 1.29 is 14.7 Å². The van der Waals surface area contributed by atoms with Crippen molar-refractivity contribution in [3.05, 3.63) is 69.8 Å². The molecule has 2 aliphatic carbocycles. The van der Waals surface area contributed by atoms with Crippen molar-refractivity contribution in [2.45, 2.75) is 71.1 Å². The van der Waals surface area contributed by atoms with Crippen LogP contribution >= 0.6 is 0 Å². The summed E-state index contributed by atoms with van der Waals surface area (Å²) in [4.78, 5) is 17.1. The number of fused-ring (bicyclic) bond motifs is 1. The smallest absolute Gasteiger partial charge is 0.335 e. The molecule has 2 aromatic carbocycles. The van der Waals surface area contributed by atoms with E-state index in [9.17, 15) is 9.90 Å². The van der Waals surface area contributed by atoms with Crippen molar-refractivity contribution in [1.82, 2.24) is 0 Å². The summed E-state index contributed by atoms with van der Waals surface area (Å²) in [5, 5.41) is 13.9. The van der Waals surface area contributed by atoms with Crippen LogP contribution in [0.3, 0.4) is 0 Å². The van der Waals surface area contributed by atoms with Gasteiger partial charge in [0.05, 0.1) is 5.56 Å². The summed E-state index contributed by atoms with van der Waals surface area (Å²) >= 11 is 0. The average molecular weight is 420 g/mol. The molecular formula is C27H33NO3. The third-order valence-electron chi connectivity index (χ3n) is 7.02. The number of oxime groups is 1. The molecule has 31 heavy (non-hydrogen) atoms. The summed E-state index contributed by atoms with van der Waals surface area (Å²) in [7, 11) is 0. The van der Waals surface area contributed by atoms with Gasteiger partial charge in [-0.15, -0.1) is 0 Å². The maximum atomic E-state index is 11.3. The fourth-order valence-electron chi connectivity index (χ4n) is 4.50. The van der Waals surface area contributed by atoms with Crippen molar-refractivity contribution >= 4 is 11.7 Å². The second-order valence-electron chi connectivity index (χ2n) is 10.5. The van der Waals surface area contributed by atoms with Crippen LogP contribution in [-0.4, -0.2) is 23.4 Å². The first-order valence-corrected chi connectivity index (χ1v) is 11.3. The van der Waals surface area contributed by atoms with E-state index in [-0.39, 0.29) is 16.4 Å². The van der Waals surface area contributed by atoms with Crippen molar-refractivity contribution in [2.75, 3.05) is 6.61 Å². The lowest BCUT2D eigenvalue weighted by molar-refractivity contribution is 0.0697. The summed E-state index contributed by atoms with van der Waals surface area (Å²) < 4.78 is 0. The Morgan fingerprint density at radius 3 is 2.10 bits per heavy atom. The van der Waals surface area contributed by atoms with E-state index >= 15 is 0 Å². The molecule has 4 rings (SSSR count). The fraction of sp³-hybridized carbons (Fsp3) is 0.481. The van der Waals surface area contributed by atoms with Gasteiger partial charge in [0.2, 0.25) is 0 Å². The van der Waals surface area contributed by atoms with E-state index in [0.717, 1.165) is 23.3 Å². The standard InChI is InChI=1S/C27H33NO3/c1-17-14-22-23(27(4,5)13-12-26(22,2)3)15-21(17)24(28-31-16-18-6-7-18)19-8-10-20(11-9-19)25(29)30/h8-11,14-15,18H,6-7,12-13,16H2,1-5H3,(H,29,30)/b28-24-. The van der Waals surface area contributed by atoms with Gasteiger partial charge in [0.15, 0.2) is 0 Å². The highest BCUT2D eigenvalue weighted by Crippen LogP contribution is 2.46. The first-order valence-electron chi connectivity index (χ1n) is 11.3. The van der Waals surface area contributed by atoms with Gasteiger partial charge in [0.25, 0.3) is 0 Å². The Hall–Kier alpha value is -2.62. The number of benzene rings is 2. The molecule has 0 atom stereocenters. The van der Waals surface area contributed by atoms with Gasteiger partial charge in [-0.25, -0.2) is 4.79 Å². The summed E-state index contributed by atoms with van der Waals surface area (Å²) in [6, 6.07) is 11.6. The van der Waals surface area contributed by atoms with Crippen molar-refractivity contribution in [2.24, 2.45) is 11.1 Å². The van der Waals surface area contributed by atoms with Crippen LogP contribution in [0.4, 0.5) is 0 Å². The highest BCUT2D eigenvalue weighted by Gasteiger charge is 2.37. The maximum absolute atomic E-state index is 11.3. The molecule has 0 amide bonds. The Balaban J connectivity index is 1.81. The third-order valence-corrected chi connectivity index (χ3v) is 7.02. The molecule has 2 aromatic rings. The van der Waals surface area contributed by atoms with Crippen LogP contribution in [0.15, 0.2) is 41.6 Å². The quantitative estimate of drug-likeness (QED) is 0.446. The summed E-state index contributed by atoms with van der Waals surface area (Å²) in [5.41, 5.74) is 7.19. The topological polar surface area (TPSA) is 58.9 Å². The van der Waals surface area contributed by atoms with Crippen molar-refractivity contribution in [3.63, 3.8) is 0 Å². The molecule has 0 spiro atoms. The number of carbonyl (C=O) groups is 1. The molecule has 1 saturated carbocycles.